The van der Waals surface area contributed by atoms with Gasteiger partial charge in [-0.25, -0.2) is 0 Å². The van der Waals surface area contributed by atoms with E-state index in [1.807, 2.05) is 12.1 Å². The summed E-state index contributed by atoms with van der Waals surface area (Å²) in [6, 6.07) is 9.78. The summed E-state index contributed by atoms with van der Waals surface area (Å²) in [6.07, 6.45) is 0.791. The molecule has 1 aliphatic heterocycles. The summed E-state index contributed by atoms with van der Waals surface area (Å²) < 4.78 is 5.44. The minimum atomic E-state index is -0.227. The molecule has 0 bridgehead atoms. The van der Waals surface area contributed by atoms with Gasteiger partial charge in [0, 0.05) is 29.6 Å². The number of carbonyl (C=O) groups excluding carboxylic acids is 1. The van der Waals surface area contributed by atoms with Crippen LogP contribution in [0.25, 0.3) is 11.3 Å². The molecule has 1 aliphatic rings. The number of halogens is 2. The average molecular weight is 419 g/mol. The van der Waals surface area contributed by atoms with Crippen molar-refractivity contribution >= 4 is 29.1 Å². The maximum absolute atomic E-state index is 12.8. The zero-order valence-corrected chi connectivity index (χ0v) is 16.2. The molecule has 144 valence electrons. The molecule has 0 spiro atoms. The Morgan fingerprint density at radius 2 is 2.00 bits per heavy atom. The first kappa shape index (κ1) is 18.7. The molecule has 3 aromatic rings. The lowest BCUT2D eigenvalue weighted by Gasteiger charge is -2.26. The maximum Gasteiger partial charge on any atom is 0.227 e. The topological polar surface area (TPSA) is 86.8 Å². The van der Waals surface area contributed by atoms with Crippen LogP contribution in [0.5, 0.6) is 11.5 Å². The predicted molar refractivity (Wildman–Crippen MR) is 105 cm³/mol. The van der Waals surface area contributed by atoms with Gasteiger partial charge in [0.15, 0.2) is 5.76 Å². The Morgan fingerprint density at radius 1 is 1.18 bits per heavy atom. The van der Waals surface area contributed by atoms with Gasteiger partial charge in [-0.15, -0.1) is 0 Å². The van der Waals surface area contributed by atoms with E-state index >= 15 is 0 Å². The lowest BCUT2D eigenvalue weighted by Crippen LogP contribution is -2.36. The Balaban J connectivity index is 1.60. The van der Waals surface area contributed by atoms with Gasteiger partial charge in [0.1, 0.15) is 11.5 Å². The number of rotatable bonds is 3. The van der Waals surface area contributed by atoms with Gasteiger partial charge in [0.05, 0.1) is 29.2 Å². The van der Waals surface area contributed by atoms with E-state index in [0.717, 1.165) is 22.9 Å². The Morgan fingerprint density at radius 3 is 2.79 bits per heavy atom. The molecule has 0 saturated carbocycles. The smallest absolute Gasteiger partial charge is 0.227 e. The van der Waals surface area contributed by atoms with Gasteiger partial charge in [0.25, 0.3) is 0 Å². The van der Waals surface area contributed by atoms with E-state index < -0.39 is 0 Å². The van der Waals surface area contributed by atoms with Crippen LogP contribution in [0.2, 0.25) is 10.0 Å². The van der Waals surface area contributed by atoms with Crippen LogP contribution < -0.4 is 0 Å². The van der Waals surface area contributed by atoms with E-state index in [4.69, 9.17) is 27.7 Å². The van der Waals surface area contributed by atoms with Crippen LogP contribution in [-0.4, -0.2) is 32.7 Å². The van der Waals surface area contributed by atoms with E-state index in [-0.39, 0.29) is 28.8 Å². The van der Waals surface area contributed by atoms with Crippen molar-refractivity contribution in [3.63, 3.8) is 0 Å². The van der Waals surface area contributed by atoms with Crippen LogP contribution in [0.3, 0.4) is 0 Å². The van der Waals surface area contributed by atoms with Crippen LogP contribution in [-0.2, 0) is 24.2 Å². The van der Waals surface area contributed by atoms with E-state index in [2.05, 4.69) is 5.16 Å². The summed E-state index contributed by atoms with van der Waals surface area (Å²) in [5.41, 5.74) is 2.63. The third-order valence-electron chi connectivity index (χ3n) is 4.74. The summed E-state index contributed by atoms with van der Waals surface area (Å²) in [7, 11) is 0. The highest BCUT2D eigenvalue weighted by Crippen LogP contribution is 2.40. The van der Waals surface area contributed by atoms with Crippen molar-refractivity contribution in [3.05, 3.63) is 63.3 Å². The summed E-state index contributed by atoms with van der Waals surface area (Å²) in [5.74, 6) is -0.0967. The number of carbonyl (C=O) groups is 1. The molecule has 6 nitrogen and oxygen atoms in total. The quantitative estimate of drug-likeness (QED) is 0.665. The van der Waals surface area contributed by atoms with Gasteiger partial charge in [-0.1, -0.05) is 40.5 Å². The number of amides is 1. The van der Waals surface area contributed by atoms with Gasteiger partial charge in [-0.05, 0) is 23.8 Å². The SMILES string of the molecule is O=C(Cc1cccc(Cl)c1)N1CCc2noc(-c3cc(Cl)c(O)cc3O)c2C1. The first-order valence-electron chi connectivity index (χ1n) is 8.64. The van der Waals surface area contributed by atoms with Gasteiger partial charge >= 0.3 is 0 Å². The molecule has 0 atom stereocenters. The van der Waals surface area contributed by atoms with Crippen LogP contribution in [0, 0.1) is 0 Å². The van der Waals surface area contributed by atoms with Crippen molar-refractivity contribution in [1.82, 2.24) is 10.1 Å². The first-order valence-corrected chi connectivity index (χ1v) is 9.39. The number of hydrogen-bond acceptors (Lipinski definition) is 5. The Hall–Kier alpha value is -2.70. The van der Waals surface area contributed by atoms with Crippen LogP contribution >= 0.6 is 23.2 Å². The van der Waals surface area contributed by atoms with Crippen molar-refractivity contribution in [2.45, 2.75) is 19.4 Å². The molecule has 8 heteroatoms. The Kier molecular flexibility index (Phi) is 4.91. The van der Waals surface area contributed by atoms with E-state index in [0.29, 0.717) is 35.9 Å². The number of aromatic nitrogens is 1. The summed E-state index contributed by atoms with van der Waals surface area (Å²) in [6.45, 7) is 0.839. The molecule has 0 saturated heterocycles. The Labute approximate surface area is 170 Å². The van der Waals surface area contributed by atoms with E-state index in [9.17, 15) is 15.0 Å². The number of benzene rings is 2. The third kappa shape index (κ3) is 3.53. The number of aromatic hydroxyl groups is 2. The number of phenols is 2. The minimum absolute atomic E-state index is 0.0342. The lowest BCUT2D eigenvalue weighted by atomic mass is 10.00. The van der Waals surface area contributed by atoms with Gasteiger partial charge in [-0.2, -0.15) is 0 Å². The predicted octanol–water partition coefficient (Wildman–Crippen LogP) is 4.19. The van der Waals surface area contributed by atoms with Crippen LogP contribution in [0.1, 0.15) is 16.8 Å². The first-order chi connectivity index (χ1) is 13.4. The number of hydrogen-bond donors (Lipinski definition) is 2. The highest BCUT2D eigenvalue weighted by Gasteiger charge is 2.29. The lowest BCUT2D eigenvalue weighted by molar-refractivity contribution is -0.131. The fourth-order valence-corrected chi connectivity index (χ4v) is 3.68. The molecule has 2 aromatic carbocycles. The second kappa shape index (κ2) is 7.37. The number of fused-ring (bicyclic) bond motifs is 1. The van der Waals surface area contributed by atoms with E-state index in [1.165, 1.54) is 6.07 Å². The molecular weight excluding hydrogens is 403 g/mol. The van der Waals surface area contributed by atoms with Crippen LogP contribution in [0.15, 0.2) is 40.9 Å². The Bertz CT molecular complexity index is 1060. The molecule has 0 radical (unpaired) electrons. The molecular formula is C20H16Cl2N2O4. The zero-order chi connectivity index (χ0) is 19.8. The summed E-state index contributed by atoms with van der Waals surface area (Å²) in [5, 5.41) is 24.6. The molecule has 0 unspecified atom stereocenters. The highest BCUT2D eigenvalue weighted by atomic mass is 35.5. The molecule has 0 fully saturated rings. The molecule has 2 heterocycles. The highest BCUT2D eigenvalue weighted by molar-refractivity contribution is 6.32. The molecule has 28 heavy (non-hydrogen) atoms. The van der Waals surface area contributed by atoms with Crippen molar-refractivity contribution in [2.75, 3.05) is 6.54 Å². The van der Waals surface area contributed by atoms with Crippen molar-refractivity contribution in [2.24, 2.45) is 0 Å². The molecule has 0 aliphatic carbocycles. The van der Waals surface area contributed by atoms with Gasteiger partial charge in [-0.3, -0.25) is 4.79 Å². The average Bonchev–Trinajstić information content (AvgIpc) is 3.07. The van der Waals surface area contributed by atoms with E-state index in [1.54, 1.807) is 17.0 Å². The standard InChI is InChI=1S/C20H16Cl2N2O4/c21-12-3-1-2-11(6-12)7-19(27)24-5-4-16-14(10-24)20(28-23-16)13-8-15(22)18(26)9-17(13)25/h1-3,6,8-9,25-26H,4-5,7,10H2. The maximum atomic E-state index is 12.8. The summed E-state index contributed by atoms with van der Waals surface area (Å²) in [4.78, 5) is 14.5. The van der Waals surface area contributed by atoms with Crippen molar-refractivity contribution in [1.29, 1.82) is 0 Å². The zero-order valence-electron chi connectivity index (χ0n) is 14.7. The second-order valence-electron chi connectivity index (χ2n) is 6.63. The molecule has 1 amide bonds. The fraction of sp³-hybridized carbons (Fsp3) is 0.200. The third-order valence-corrected chi connectivity index (χ3v) is 5.28. The van der Waals surface area contributed by atoms with Crippen LogP contribution in [0.4, 0.5) is 0 Å². The molecule has 4 rings (SSSR count). The van der Waals surface area contributed by atoms with Crippen molar-refractivity contribution < 1.29 is 19.5 Å². The summed E-state index contributed by atoms with van der Waals surface area (Å²) >= 11 is 12.0. The number of phenolic OH excluding ortho intramolecular Hbond substituents is 2. The normalized spacial score (nSPS) is 13.4. The van der Waals surface area contributed by atoms with Gasteiger partial charge in [0.2, 0.25) is 5.91 Å². The van der Waals surface area contributed by atoms with Crippen molar-refractivity contribution in [3.8, 4) is 22.8 Å². The number of nitrogens with zero attached hydrogens (tertiary/aromatic N) is 2. The molecule has 1 aromatic heterocycles. The second-order valence-corrected chi connectivity index (χ2v) is 7.47. The molecule has 2 N–H and O–H groups in total. The minimum Gasteiger partial charge on any atom is -0.507 e. The monoisotopic (exact) mass is 418 g/mol. The fourth-order valence-electron chi connectivity index (χ4n) is 3.30. The van der Waals surface area contributed by atoms with Gasteiger partial charge < -0.3 is 19.6 Å². The largest absolute Gasteiger partial charge is 0.507 e.